The Labute approximate surface area is 208 Å². The predicted molar refractivity (Wildman–Crippen MR) is 142 cm³/mol. The second-order valence-corrected chi connectivity index (χ2v) is 9.03. The average molecular weight is 488 g/mol. The molecular formula is C26H50ClN3O3. The maximum Gasteiger partial charge on any atom is 0.0575 e. The number of aliphatic hydroxyl groups excluding tert-OH is 2. The van der Waals surface area contributed by atoms with E-state index in [2.05, 4.69) is 44.0 Å². The Balaban J connectivity index is 0.000000627. The molecule has 1 aromatic carbocycles. The molecule has 0 amide bonds. The van der Waals surface area contributed by atoms with E-state index in [0.29, 0.717) is 6.04 Å². The number of nitrogens with zero attached hydrogens (tertiary/aromatic N) is 2. The summed E-state index contributed by atoms with van der Waals surface area (Å²) in [4.78, 5) is 7.84. The molecule has 1 aromatic rings. The molecule has 7 heteroatoms. The Bertz CT molecular complexity index is 590. The summed E-state index contributed by atoms with van der Waals surface area (Å²) in [6.07, 6.45) is 7.87. The number of piperidine rings is 1. The summed E-state index contributed by atoms with van der Waals surface area (Å²) in [6, 6.07) is 6.69. The number of rotatable bonds is 12. The molecule has 3 N–H and O–H groups in total. The summed E-state index contributed by atoms with van der Waals surface area (Å²) >= 11 is 6.17. The van der Waals surface area contributed by atoms with Crippen molar-refractivity contribution in [3.63, 3.8) is 0 Å². The topological polar surface area (TPSA) is 68.2 Å². The van der Waals surface area contributed by atoms with Gasteiger partial charge in [-0.15, -0.1) is 0 Å². The molecule has 0 spiro atoms. The molecule has 0 aliphatic carbocycles. The molecule has 2 atom stereocenters. The number of hydrogen-bond acceptors (Lipinski definition) is 6. The SMILES string of the molecule is CCCCN1CCC(O)CC1C.CCCCNc1cc(Cl)cc(CN(CCC)OC)c1.CO. The van der Waals surface area contributed by atoms with Crippen LogP contribution in [0.1, 0.15) is 78.2 Å². The minimum Gasteiger partial charge on any atom is -0.400 e. The van der Waals surface area contributed by atoms with E-state index in [1.54, 1.807) is 7.11 Å². The standard InChI is InChI=1S/C15H25ClN2O.C10H21NO.CH4O/c1-4-6-7-17-15-10-13(9-14(16)11-15)12-18(19-3)8-5-2;1-3-4-6-11-7-5-10(12)8-9(11)2;1-2/h9-11,17H,4-8,12H2,1-3H3;9-10,12H,3-8H2,1-2H3;2H,1H3. The summed E-state index contributed by atoms with van der Waals surface area (Å²) in [6.45, 7) is 13.7. The van der Waals surface area contributed by atoms with Crippen LogP contribution in [0, 0.1) is 0 Å². The third-order valence-electron chi connectivity index (χ3n) is 5.69. The zero-order valence-corrected chi connectivity index (χ0v) is 22.7. The van der Waals surface area contributed by atoms with E-state index in [4.69, 9.17) is 21.5 Å². The van der Waals surface area contributed by atoms with E-state index in [0.717, 1.165) is 63.3 Å². The van der Waals surface area contributed by atoms with Gasteiger partial charge in [-0.25, -0.2) is 0 Å². The first-order chi connectivity index (χ1) is 15.9. The van der Waals surface area contributed by atoms with Crippen molar-refractivity contribution < 1.29 is 15.1 Å². The molecule has 0 aromatic heterocycles. The highest BCUT2D eigenvalue weighted by Crippen LogP contribution is 2.21. The van der Waals surface area contributed by atoms with E-state index in [1.807, 2.05) is 17.2 Å². The van der Waals surface area contributed by atoms with Gasteiger partial charge in [0.25, 0.3) is 0 Å². The molecule has 1 fully saturated rings. The maximum absolute atomic E-state index is 9.40. The van der Waals surface area contributed by atoms with Crippen LogP contribution in [0.4, 0.5) is 5.69 Å². The Morgan fingerprint density at radius 1 is 1.12 bits per heavy atom. The van der Waals surface area contributed by atoms with Crippen molar-refractivity contribution in [2.24, 2.45) is 0 Å². The summed E-state index contributed by atoms with van der Waals surface area (Å²) in [5.74, 6) is 0. The minimum absolute atomic E-state index is 0.0436. The normalized spacial score (nSPS) is 18.2. The van der Waals surface area contributed by atoms with Crippen LogP contribution in [-0.2, 0) is 11.4 Å². The molecule has 0 radical (unpaired) electrons. The minimum atomic E-state index is -0.0436. The number of hydroxylamine groups is 2. The van der Waals surface area contributed by atoms with Gasteiger partial charge >= 0.3 is 0 Å². The van der Waals surface area contributed by atoms with Crippen LogP contribution in [0.5, 0.6) is 0 Å². The number of nitrogens with one attached hydrogen (secondary N) is 1. The first-order valence-corrected chi connectivity index (χ1v) is 13.0. The summed E-state index contributed by atoms with van der Waals surface area (Å²) in [5, 5.41) is 22.5. The highest BCUT2D eigenvalue weighted by molar-refractivity contribution is 6.30. The predicted octanol–water partition coefficient (Wildman–Crippen LogP) is 5.57. The van der Waals surface area contributed by atoms with E-state index in [-0.39, 0.29) is 6.10 Å². The van der Waals surface area contributed by atoms with Gasteiger partial charge in [0, 0.05) is 50.0 Å². The molecule has 6 nitrogen and oxygen atoms in total. The molecule has 0 bridgehead atoms. The van der Waals surface area contributed by atoms with Crippen molar-refractivity contribution in [3.05, 3.63) is 28.8 Å². The first kappa shape index (κ1) is 32.1. The zero-order valence-electron chi connectivity index (χ0n) is 21.9. The van der Waals surface area contributed by atoms with Crippen LogP contribution in [0.2, 0.25) is 5.02 Å². The summed E-state index contributed by atoms with van der Waals surface area (Å²) in [5.41, 5.74) is 2.25. The van der Waals surface area contributed by atoms with Crippen LogP contribution >= 0.6 is 11.6 Å². The number of anilines is 1. The largest absolute Gasteiger partial charge is 0.400 e. The van der Waals surface area contributed by atoms with Crippen molar-refractivity contribution >= 4 is 17.3 Å². The maximum atomic E-state index is 9.40. The molecule has 2 unspecified atom stereocenters. The first-order valence-electron chi connectivity index (χ1n) is 12.6. The molecule has 1 saturated heterocycles. The monoisotopic (exact) mass is 487 g/mol. The molecule has 1 heterocycles. The molecule has 0 saturated carbocycles. The lowest BCUT2D eigenvalue weighted by molar-refractivity contribution is -0.138. The molecular weight excluding hydrogens is 438 g/mol. The number of unbranched alkanes of at least 4 members (excludes halogenated alkanes) is 2. The van der Waals surface area contributed by atoms with Gasteiger partial charge < -0.3 is 25.3 Å². The van der Waals surface area contributed by atoms with Crippen LogP contribution in [0.3, 0.4) is 0 Å². The summed E-state index contributed by atoms with van der Waals surface area (Å²) in [7, 11) is 2.71. The van der Waals surface area contributed by atoms with Crippen LogP contribution in [-0.4, -0.2) is 72.7 Å². The fourth-order valence-corrected chi connectivity index (χ4v) is 4.09. The van der Waals surface area contributed by atoms with Gasteiger partial charge in [-0.3, -0.25) is 0 Å². The Morgan fingerprint density at radius 3 is 2.39 bits per heavy atom. The van der Waals surface area contributed by atoms with E-state index < -0.39 is 0 Å². The van der Waals surface area contributed by atoms with Crippen LogP contribution < -0.4 is 5.32 Å². The molecule has 1 aliphatic rings. The zero-order chi connectivity index (χ0) is 25.1. The van der Waals surface area contributed by atoms with Gasteiger partial charge in [-0.2, -0.15) is 5.06 Å². The summed E-state index contributed by atoms with van der Waals surface area (Å²) < 4.78 is 0. The van der Waals surface area contributed by atoms with Crippen LogP contribution in [0.15, 0.2) is 18.2 Å². The molecule has 1 aliphatic heterocycles. The van der Waals surface area contributed by atoms with Gasteiger partial charge in [-0.05, 0) is 69.3 Å². The Kier molecular flexibility index (Phi) is 19.9. The fourth-order valence-electron chi connectivity index (χ4n) is 3.83. The van der Waals surface area contributed by atoms with Gasteiger partial charge in [-0.1, -0.05) is 45.2 Å². The molecule has 2 rings (SSSR count). The van der Waals surface area contributed by atoms with Gasteiger partial charge in [0.2, 0.25) is 0 Å². The fraction of sp³-hybridized carbons (Fsp3) is 0.769. The number of hydrogen-bond donors (Lipinski definition) is 3. The lowest BCUT2D eigenvalue weighted by Crippen LogP contribution is -2.42. The molecule has 194 valence electrons. The lowest BCUT2D eigenvalue weighted by atomic mass is 10.0. The second-order valence-electron chi connectivity index (χ2n) is 8.59. The number of benzene rings is 1. The highest BCUT2D eigenvalue weighted by atomic mass is 35.5. The Hall–Kier alpha value is -0.890. The van der Waals surface area contributed by atoms with Crippen LogP contribution in [0.25, 0.3) is 0 Å². The second kappa shape index (κ2) is 20.5. The third kappa shape index (κ3) is 14.9. The Morgan fingerprint density at radius 2 is 1.82 bits per heavy atom. The van der Waals surface area contributed by atoms with Crippen molar-refractivity contribution in [1.82, 2.24) is 9.96 Å². The smallest absolute Gasteiger partial charge is 0.0575 e. The van der Waals surface area contributed by atoms with Gasteiger partial charge in [0.1, 0.15) is 0 Å². The highest BCUT2D eigenvalue weighted by Gasteiger charge is 2.22. The van der Waals surface area contributed by atoms with E-state index >= 15 is 0 Å². The number of aliphatic hydroxyl groups is 2. The van der Waals surface area contributed by atoms with Gasteiger partial charge in [0.05, 0.1) is 13.2 Å². The van der Waals surface area contributed by atoms with Crippen molar-refractivity contribution in [3.8, 4) is 0 Å². The average Bonchev–Trinajstić information content (AvgIpc) is 2.80. The van der Waals surface area contributed by atoms with Crippen molar-refractivity contribution in [2.45, 2.75) is 91.3 Å². The molecule has 33 heavy (non-hydrogen) atoms. The van der Waals surface area contributed by atoms with Gasteiger partial charge in [0.15, 0.2) is 0 Å². The van der Waals surface area contributed by atoms with E-state index in [1.165, 1.54) is 37.8 Å². The van der Waals surface area contributed by atoms with Crippen molar-refractivity contribution in [1.29, 1.82) is 0 Å². The quantitative estimate of drug-likeness (QED) is 0.264. The number of likely N-dealkylation sites (tertiary alicyclic amines) is 1. The third-order valence-corrected chi connectivity index (χ3v) is 5.91. The number of halogens is 1. The van der Waals surface area contributed by atoms with Crippen molar-refractivity contribution in [2.75, 3.05) is 45.7 Å². The lowest BCUT2D eigenvalue weighted by Gasteiger charge is -2.35. The van der Waals surface area contributed by atoms with E-state index in [9.17, 15) is 5.11 Å².